The van der Waals surface area contributed by atoms with Gasteiger partial charge in [-0.15, -0.1) is 0 Å². The van der Waals surface area contributed by atoms with Crippen molar-refractivity contribution in [3.8, 4) is 0 Å². The summed E-state index contributed by atoms with van der Waals surface area (Å²) in [6.45, 7) is 11.6. The Labute approximate surface area is 116 Å². The summed E-state index contributed by atoms with van der Waals surface area (Å²) in [6, 6.07) is 0.697. The first-order valence-electron chi connectivity index (χ1n) is 7.61. The molecule has 2 aliphatic rings. The molecule has 2 fully saturated rings. The molecular weight excluding hydrogens is 242 g/mol. The van der Waals surface area contributed by atoms with Crippen molar-refractivity contribution in [2.24, 2.45) is 0 Å². The molecule has 0 spiro atoms. The monoisotopic (exact) mass is 269 g/mol. The van der Waals surface area contributed by atoms with Crippen LogP contribution in [-0.4, -0.2) is 79.3 Å². The highest BCUT2D eigenvalue weighted by atomic mass is 16.5. The van der Waals surface area contributed by atoms with Crippen LogP contribution in [0.4, 0.5) is 4.79 Å². The summed E-state index contributed by atoms with van der Waals surface area (Å²) in [5.41, 5.74) is 0. The van der Waals surface area contributed by atoms with Crippen LogP contribution in [0.5, 0.6) is 0 Å². The van der Waals surface area contributed by atoms with E-state index in [0.29, 0.717) is 6.04 Å². The van der Waals surface area contributed by atoms with Gasteiger partial charge in [-0.25, -0.2) is 4.79 Å². The number of hydrogen-bond acceptors (Lipinski definition) is 3. The maximum atomic E-state index is 12.1. The first-order valence-corrected chi connectivity index (χ1v) is 7.61. The average Bonchev–Trinajstić information content (AvgIpc) is 2.81. The van der Waals surface area contributed by atoms with Crippen LogP contribution in [0.1, 0.15) is 26.7 Å². The van der Waals surface area contributed by atoms with Gasteiger partial charge in [-0.3, -0.25) is 0 Å². The second-order valence-electron chi connectivity index (χ2n) is 5.33. The van der Waals surface area contributed by atoms with Crippen molar-refractivity contribution in [2.45, 2.75) is 32.7 Å². The molecule has 0 aromatic carbocycles. The number of amides is 2. The van der Waals surface area contributed by atoms with Crippen LogP contribution < -0.4 is 0 Å². The summed E-state index contributed by atoms with van der Waals surface area (Å²) < 4.78 is 5.40. The molecule has 0 bridgehead atoms. The second kappa shape index (κ2) is 7.10. The first kappa shape index (κ1) is 14.6. The van der Waals surface area contributed by atoms with E-state index in [9.17, 15) is 4.79 Å². The van der Waals surface area contributed by atoms with Gasteiger partial charge in [0.25, 0.3) is 0 Å². The lowest BCUT2D eigenvalue weighted by Gasteiger charge is -2.36. The summed E-state index contributed by atoms with van der Waals surface area (Å²) in [7, 11) is 0. The Kier molecular flexibility index (Phi) is 5.45. The molecule has 2 rings (SSSR count). The molecule has 2 saturated heterocycles. The Bertz CT molecular complexity index is 290. The maximum Gasteiger partial charge on any atom is 0.320 e. The Balaban J connectivity index is 1.73. The van der Waals surface area contributed by atoms with Crippen molar-refractivity contribution in [3.05, 3.63) is 0 Å². The van der Waals surface area contributed by atoms with Gasteiger partial charge in [0.05, 0.1) is 6.61 Å². The number of carbonyl (C=O) groups excluding carboxylic acids is 1. The zero-order valence-electron chi connectivity index (χ0n) is 12.3. The molecule has 0 atom stereocenters. The smallest absolute Gasteiger partial charge is 0.320 e. The van der Waals surface area contributed by atoms with Crippen LogP contribution in [0, 0.1) is 0 Å². The minimum atomic E-state index is 0.246. The highest BCUT2D eigenvalue weighted by molar-refractivity contribution is 5.76. The van der Waals surface area contributed by atoms with Gasteiger partial charge in [-0.05, 0) is 26.7 Å². The lowest BCUT2D eigenvalue weighted by Crippen LogP contribution is -2.47. The molecule has 0 radical (unpaired) electrons. The summed E-state index contributed by atoms with van der Waals surface area (Å²) >= 11 is 0. The molecule has 2 aliphatic heterocycles. The fraction of sp³-hybridized carbons (Fsp3) is 0.929. The second-order valence-corrected chi connectivity index (χ2v) is 5.33. The number of likely N-dealkylation sites (N-methyl/N-ethyl adjacent to an activating group) is 1. The molecule has 110 valence electrons. The number of carbonyl (C=O) groups is 1. The van der Waals surface area contributed by atoms with Crippen molar-refractivity contribution in [1.82, 2.24) is 14.7 Å². The Hall–Kier alpha value is -0.810. The topological polar surface area (TPSA) is 36.0 Å². The SMILES string of the molecule is CCOCCN1CCC(N2CCN(CC)C2=O)CC1. The van der Waals surface area contributed by atoms with E-state index in [-0.39, 0.29) is 6.03 Å². The quantitative estimate of drug-likeness (QED) is 0.681. The Morgan fingerprint density at radius 2 is 1.89 bits per heavy atom. The van der Waals surface area contributed by atoms with Crippen LogP contribution in [0.15, 0.2) is 0 Å². The number of likely N-dealkylation sites (tertiary alicyclic amines) is 1. The number of rotatable bonds is 6. The number of ether oxygens (including phenoxy) is 1. The molecule has 0 N–H and O–H groups in total. The minimum Gasteiger partial charge on any atom is -0.380 e. The highest BCUT2D eigenvalue weighted by Crippen LogP contribution is 2.21. The Morgan fingerprint density at radius 3 is 2.47 bits per heavy atom. The number of hydrogen-bond donors (Lipinski definition) is 0. The zero-order chi connectivity index (χ0) is 13.7. The van der Waals surface area contributed by atoms with Crippen molar-refractivity contribution < 1.29 is 9.53 Å². The third-order valence-electron chi connectivity index (χ3n) is 4.26. The number of nitrogens with zero attached hydrogens (tertiary/aromatic N) is 3. The van der Waals surface area contributed by atoms with Crippen LogP contribution in [0.25, 0.3) is 0 Å². The Morgan fingerprint density at radius 1 is 1.16 bits per heavy atom. The van der Waals surface area contributed by atoms with E-state index in [1.807, 2.05) is 11.8 Å². The molecule has 19 heavy (non-hydrogen) atoms. The summed E-state index contributed by atoms with van der Waals surface area (Å²) in [5.74, 6) is 0. The zero-order valence-corrected chi connectivity index (χ0v) is 12.3. The number of piperidine rings is 1. The molecule has 0 aliphatic carbocycles. The first-order chi connectivity index (χ1) is 9.26. The molecule has 0 aromatic heterocycles. The van der Waals surface area contributed by atoms with E-state index in [2.05, 4.69) is 16.7 Å². The summed E-state index contributed by atoms with van der Waals surface area (Å²) in [4.78, 5) is 18.6. The van der Waals surface area contributed by atoms with Crippen molar-refractivity contribution in [3.63, 3.8) is 0 Å². The molecule has 0 aromatic rings. The maximum absolute atomic E-state index is 12.1. The molecular formula is C14H27N3O2. The van der Waals surface area contributed by atoms with E-state index >= 15 is 0 Å². The molecule has 0 unspecified atom stereocenters. The van der Waals surface area contributed by atoms with Gasteiger partial charge in [0.2, 0.25) is 0 Å². The van der Waals surface area contributed by atoms with Gasteiger partial charge in [-0.1, -0.05) is 0 Å². The fourth-order valence-electron chi connectivity index (χ4n) is 3.03. The van der Waals surface area contributed by atoms with Gasteiger partial charge >= 0.3 is 6.03 Å². The van der Waals surface area contributed by atoms with Crippen LogP contribution in [-0.2, 0) is 4.74 Å². The van der Waals surface area contributed by atoms with Crippen molar-refractivity contribution in [2.75, 3.05) is 52.5 Å². The molecule has 5 nitrogen and oxygen atoms in total. The summed E-state index contributed by atoms with van der Waals surface area (Å²) in [6.07, 6.45) is 2.21. The average molecular weight is 269 g/mol. The van der Waals surface area contributed by atoms with Crippen molar-refractivity contribution in [1.29, 1.82) is 0 Å². The molecule has 2 amide bonds. The standard InChI is InChI=1S/C14H27N3O2/c1-3-16-9-10-17(14(16)18)13-5-7-15(8-6-13)11-12-19-4-2/h13H,3-12H2,1-2H3. The van der Waals surface area contributed by atoms with E-state index in [1.54, 1.807) is 0 Å². The van der Waals surface area contributed by atoms with Gasteiger partial charge in [0.15, 0.2) is 0 Å². The van der Waals surface area contributed by atoms with E-state index in [1.165, 1.54) is 0 Å². The largest absolute Gasteiger partial charge is 0.380 e. The molecule has 2 heterocycles. The van der Waals surface area contributed by atoms with Crippen LogP contribution >= 0.6 is 0 Å². The summed E-state index contributed by atoms with van der Waals surface area (Å²) in [5, 5.41) is 0. The van der Waals surface area contributed by atoms with E-state index < -0.39 is 0 Å². The van der Waals surface area contributed by atoms with Gasteiger partial charge in [0.1, 0.15) is 0 Å². The van der Waals surface area contributed by atoms with E-state index in [4.69, 9.17) is 4.74 Å². The third-order valence-corrected chi connectivity index (χ3v) is 4.26. The third kappa shape index (κ3) is 3.60. The van der Waals surface area contributed by atoms with Gasteiger partial charge < -0.3 is 19.4 Å². The normalized spacial score (nSPS) is 22.5. The van der Waals surface area contributed by atoms with E-state index in [0.717, 1.165) is 65.3 Å². The van der Waals surface area contributed by atoms with Crippen LogP contribution in [0.3, 0.4) is 0 Å². The number of urea groups is 1. The fourth-order valence-corrected chi connectivity index (χ4v) is 3.03. The van der Waals surface area contributed by atoms with Crippen LogP contribution in [0.2, 0.25) is 0 Å². The molecule has 0 saturated carbocycles. The van der Waals surface area contributed by atoms with Gasteiger partial charge in [0, 0.05) is 51.9 Å². The highest BCUT2D eigenvalue weighted by Gasteiger charge is 2.34. The molecule has 5 heteroatoms. The lowest BCUT2D eigenvalue weighted by molar-refractivity contribution is 0.0859. The van der Waals surface area contributed by atoms with Crippen molar-refractivity contribution >= 4 is 6.03 Å². The van der Waals surface area contributed by atoms with Gasteiger partial charge in [-0.2, -0.15) is 0 Å². The minimum absolute atomic E-state index is 0.246. The lowest BCUT2D eigenvalue weighted by atomic mass is 10.0. The predicted molar refractivity (Wildman–Crippen MR) is 75.3 cm³/mol. The predicted octanol–water partition coefficient (Wildman–Crippen LogP) is 1.24.